The number of carbonyl (C=O) groups is 1. The summed E-state index contributed by atoms with van der Waals surface area (Å²) in [6.07, 6.45) is 0. The Hall–Kier alpha value is -1.99. The number of anilines is 1. The summed E-state index contributed by atoms with van der Waals surface area (Å²) < 4.78 is 30.5. The quantitative estimate of drug-likeness (QED) is 0.864. The molecule has 2 heterocycles. The van der Waals surface area contributed by atoms with E-state index in [1.165, 1.54) is 12.1 Å². The normalized spacial score (nSPS) is 19.0. The standard InChI is InChI=1S/C16H13NO4S2/c18-16-12-7-11(23(19,20)9-10-8-22-10)5-6-14(12)21-15-4-2-1-3-13(15)17-16/h1-7,10H,8-9H2,(H,17,18). The first-order valence-electron chi connectivity index (χ1n) is 7.09. The number of thioether (sulfide) groups is 1. The van der Waals surface area contributed by atoms with Crippen molar-refractivity contribution in [2.45, 2.75) is 10.1 Å². The molecule has 1 fully saturated rings. The first-order chi connectivity index (χ1) is 11.0. The Bertz CT molecular complexity index is 904. The van der Waals surface area contributed by atoms with Crippen LogP contribution in [-0.4, -0.2) is 31.1 Å². The van der Waals surface area contributed by atoms with Crippen LogP contribution in [0.15, 0.2) is 47.4 Å². The predicted octanol–water partition coefficient (Wildman–Crippen LogP) is 2.93. The summed E-state index contributed by atoms with van der Waals surface area (Å²) in [5.41, 5.74) is 0.790. The number of ether oxygens (including phenoxy) is 1. The molecule has 0 aliphatic carbocycles. The van der Waals surface area contributed by atoms with Gasteiger partial charge >= 0.3 is 0 Å². The molecule has 2 aliphatic rings. The molecule has 23 heavy (non-hydrogen) atoms. The fraction of sp³-hybridized carbons (Fsp3) is 0.188. The first-order valence-corrected chi connectivity index (χ1v) is 9.80. The maximum atomic E-state index is 12.4. The molecule has 1 amide bonds. The molecule has 0 saturated carbocycles. The number of hydrogen-bond donors (Lipinski definition) is 1. The second kappa shape index (κ2) is 5.28. The maximum absolute atomic E-state index is 12.4. The molecule has 4 rings (SSSR count). The van der Waals surface area contributed by atoms with Crippen LogP contribution in [0.3, 0.4) is 0 Å². The highest BCUT2D eigenvalue weighted by atomic mass is 32.2. The van der Waals surface area contributed by atoms with Crippen LogP contribution >= 0.6 is 11.8 Å². The molecule has 118 valence electrons. The van der Waals surface area contributed by atoms with Crippen molar-refractivity contribution in [3.8, 4) is 11.5 Å². The van der Waals surface area contributed by atoms with E-state index in [0.29, 0.717) is 17.2 Å². The minimum Gasteiger partial charge on any atom is -0.454 e. The Balaban J connectivity index is 1.75. The zero-order valence-corrected chi connectivity index (χ0v) is 13.6. The molecule has 0 aromatic heterocycles. The summed E-state index contributed by atoms with van der Waals surface area (Å²) in [6.45, 7) is 0. The van der Waals surface area contributed by atoms with E-state index in [9.17, 15) is 13.2 Å². The molecule has 1 N–H and O–H groups in total. The SMILES string of the molecule is O=C1Nc2ccccc2Oc2ccc(S(=O)(=O)CC3CS3)cc21. The predicted molar refractivity (Wildman–Crippen MR) is 89.2 cm³/mol. The topological polar surface area (TPSA) is 72.5 Å². The highest BCUT2D eigenvalue weighted by Crippen LogP contribution is 2.37. The monoisotopic (exact) mass is 347 g/mol. The Kier molecular flexibility index (Phi) is 3.35. The number of carbonyl (C=O) groups excluding carboxylic acids is 1. The molecular weight excluding hydrogens is 334 g/mol. The van der Waals surface area contributed by atoms with Gasteiger partial charge in [-0.15, -0.1) is 0 Å². The van der Waals surface area contributed by atoms with E-state index in [1.807, 2.05) is 6.07 Å². The van der Waals surface area contributed by atoms with Crippen molar-refractivity contribution in [3.63, 3.8) is 0 Å². The lowest BCUT2D eigenvalue weighted by Gasteiger charge is -2.09. The van der Waals surface area contributed by atoms with Gasteiger partial charge in [0.1, 0.15) is 5.75 Å². The van der Waals surface area contributed by atoms with Crippen molar-refractivity contribution in [3.05, 3.63) is 48.0 Å². The number of benzene rings is 2. The van der Waals surface area contributed by atoms with E-state index in [1.54, 1.807) is 36.0 Å². The first kappa shape index (κ1) is 14.6. The van der Waals surface area contributed by atoms with Crippen LogP contribution in [0.5, 0.6) is 11.5 Å². The van der Waals surface area contributed by atoms with E-state index in [2.05, 4.69) is 5.32 Å². The summed E-state index contributed by atoms with van der Waals surface area (Å²) in [4.78, 5) is 12.6. The molecule has 7 heteroatoms. The number of para-hydroxylation sites is 2. The van der Waals surface area contributed by atoms with Crippen molar-refractivity contribution in [1.82, 2.24) is 0 Å². The number of rotatable bonds is 3. The Morgan fingerprint density at radius 2 is 1.96 bits per heavy atom. The number of fused-ring (bicyclic) bond motifs is 2. The smallest absolute Gasteiger partial charge is 0.259 e. The van der Waals surface area contributed by atoms with Crippen LogP contribution in [0.2, 0.25) is 0 Å². The zero-order chi connectivity index (χ0) is 16.0. The van der Waals surface area contributed by atoms with Gasteiger partial charge in [0.15, 0.2) is 15.6 Å². The Labute approximate surface area is 138 Å². The molecule has 0 bridgehead atoms. The lowest BCUT2D eigenvalue weighted by molar-refractivity contribution is 0.102. The van der Waals surface area contributed by atoms with Crippen molar-refractivity contribution in [2.24, 2.45) is 0 Å². The highest BCUT2D eigenvalue weighted by Gasteiger charge is 2.31. The lowest BCUT2D eigenvalue weighted by atomic mass is 10.2. The van der Waals surface area contributed by atoms with Gasteiger partial charge in [0, 0.05) is 11.0 Å². The molecule has 2 aromatic carbocycles. The van der Waals surface area contributed by atoms with Crippen LogP contribution in [-0.2, 0) is 9.84 Å². The highest BCUT2D eigenvalue weighted by molar-refractivity contribution is 8.08. The average Bonchev–Trinajstić information content (AvgIpc) is 3.33. The van der Waals surface area contributed by atoms with Crippen LogP contribution in [0.1, 0.15) is 10.4 Å². The number of nitrogens with one attached hydrogen (secondary N) is 1. The summed E-state index contributed by atoms with van der Waals surface area (Å²) in [5, 5.41) is 2.92. The number of hydrogen-bond acceptors (Lipinski definition) is 5. The van der Waals surface area contributed by atoms with Crippen molar-refractivity contribution in [2.75, 3.05) is 16.8 Å². The maximum Gasteiger partial charge on any atom is 0.259 e. The molecule has 2 aliphatic heterocycles. The van der Waals surface area contributed by atoms with Crippen LogP contribution in [0.25, 0.3) is 0 Å². The zero-order valence-electron chi connectivity index (χ0n) is 12.0. The van der Waals surface area contributed by atoms with E-state index in [4.69, 9.17) is 4.74 Å². The van der Waals surface area contributed by atoms with Crippen LogP contribution < -0.4 is 10.1 Å². The summed E-state index contributed by atoms with van der Waals surface area (Å²) in [7, 11) is -3.39. The van der Waals surface area contributed by atoms with E-state index < -0.39 is 9.84 Å². The van der Waals surface area contributed by atoms with Gasteiger partial charge in [-0.25, -0.2) is 8.42 Å². The molecular formula is C16H13NO4S2. The number of sulfone groups is 1. The fourth-order valence-corrected chi connectivity index (χ4v) is 5.14. The molecule has 2 aromatic rings. The van der Waals surface area contributed by atoms with Crippen molar-refractivity contribution < 1.29 is 17.9 Å². The van der Waals surface area contributed by atoms with E-state index >= 15 is 0 Å². The molecule has 1 saturated heterocycles. The molecule has 5 nitrogen and oxygen atoms in total. The van der Waals surface area contributed by atoms with Crippen LogP contribution in [0, 0.1) is 0 Å². The Morgan fingerprint density at radius 1 is 1.17 bits per heavy atom. The lowest BCUT2D eigenvalue weighted by Crippen LogP contribution is -2.14. The minimum absolute atomic E-state index is 0.110. The average molecular weight is 347 g/mol. The second-order valence-electron chi connectivity index (χ2n) is 5.45. The minimum atomic E-state index is -3.39. The van der Waals surface area contributed by atoms with E-state index in [0.717, 1.165) is 5.75 Å². The van der Waals surface area contributed by atoms with Gasteiger partial charge in [0.2, 0.25) is 0 Å². The van der Waals surface area contributed by atoms with Gasteiger partial charge in [-0.2, -0.15) is 11.8 Å². The fourth-order valence-electron chi connectivity index (χ4n) is 2.44. The molecule has 0 radical (unpaired) electrons. The second-order valence-corrected chi connectivity index (χ2v) is 8.81. The molecule has 1 unspecified atom stereocenters. The summed E-state index contributed by atoms with van der Waals surface area (Å²) in [5.74, 6) is 1.50. The van der Waals surface area contributed by atoms with Gasteiger partial charge in [0.05, 0.1) is 21.9 Å². The Morgan fingerprint density at radius 3 is 2.74 bits per heavy atom. The third kappa shape index (κ3) is 2.82. The van der Waals surface area contributed by atoms with Gasteiger partial charge in [0.25, 0.3) is 5.91 Å². The van der Waals surface area contributed by atoms with Gasteiger partial charge in [-0.1, -0.05) is 12.1 Å². The van der Waals surface area contributed by atoms with Crippen molar-refractivity contribution >= 4 is 33.2 Å². The third-order valence-corrected chi connectivity index (χ3v) is 6.71. The molecule has 1 atom stereocenters. The van der Waals surface area contributed by atoms with Gasteiger partial charge in [-0.05, 0) is 30.3 Å². The largest absolute Gasteiger partial charge is 0.454 e. The van der Waals surface area contributed by atoms with E-state index in [-0.39, 0.29) is 27.4 Å². The molecule has 0 spiro atoms. The van der Waals surface area contributed by atoms with Gasteiger partial charge in [-0.3, -0.25) is 4.79 Å². The van der Waals surface area contributed by atoms with Crippen LogP contribution in [0.4, 0.5) is 5.69 Å². The van der Waals surface area contributed by atoms with Gasteiger partial charge < -0.3 is 10.1 Å². The third-order valence-electron chi connectivity index (χ3n) is 3.72. The summed E-state index contributed by atoms with van der Waals surface area (Å²) in [6, 6.07) is 11.5. The summed E-state index contributed by atoms with van der Waals surface area (Å²) >= 11 is 1.63. The van der Waals surface area contributed by atoms with Crippen molar-refractivity contribution in [1.29, 1.82) is 0 Å². The number of amides is 1.